The largest absolute Gasteiger partial charge is 0.484 e. The van der Waals surface area contributed by atoms with E-state index in [-0.39, 0.29) is 18.4 Å². The summed E-state index contributed by atoms with van der Waals surface area (Å²) >= 11 is 5.84. The van der Waals surface area contributed by atoms with E-state index in [2.05, 4.69) is 5.10 Å². The van der Waals surface area contributed by atoms with Crippen molar-refractivity contribution < 1.29 is 23.8 Å². The van der Waals surface area contributed by atoms with Crippen LogP contribution < -0.4 is 9.47 Å². The van der Waals surface area contributed by atoms with E-state index >= 15 is 0 Å². The molecule has 7 nitrogen and oxygen atoms in total. The van der Waals surface area contributed by atoms with Crippen molar-refractivity contribution in [3.8, 4) is 11.5 Å². The number of hydrazone groups is 1. The molecule has 1 amide bonds. The number of benzene rings is 2. The summed E-state index contributed by atoms with van der Waals surface area (Å²) in [6, 6.07) is 13.6. The lowest BCUT2D eigenvalue weighted by atomic mass is 10.2. The third-order valence-electron chi connectivity index (χ3n) is 3.59. The molecule has 1 aliphatic heterocycles. The molecular weight excluding hydrogens is 372 g/mol. The molecule has 0 saturated heterocycles. The van der Waals surface area contributed by atoms with Crippen LogP contribution in [0.25, 0.3) is 0 Å². The van der Waals surface area contributed by atoms with Gasteiger partial charge in [0.25, 0.3) is 0 Å². The van der Waals surface area contributed by atoms with Gasteiger partial charge >= 0.3 is 5.97 Å². The van der Waals surface area contributed by atoms with Gasteiger partial charge in [0.1, 0.15) is 11.5 Å². The lowest BCUT2D eigenvalue weighted by Crippen LogP contribution is -2.25. The Morgan fingerprint density at radius 2 is 1.89 bits per heavy atom. The van der Waals surface area contributed by atoms with Crippen molar-refractivity contribution in [2.45, 2.75) is 20.1 Å². The monoisotopic (exact) mass is 388 g/mol. The van der Waals surface area contributed by atoms with Crippen molar-refractivity contribution in [2.75, 3.05) is 6.61 Å². The molecule has 8 heteroatoms. The fourth-order valence-electron chi connectivity index (χ4n) is 2.46. The maximum Gasteiger partial charge on any atom is 0.308 e. The first-order chi connectivity index (χ1) is 12.9. The zero-order chi connectivity index (χ0) is 19.4. The van der Waals surface area contributed by atoms with Crippen LogP contribution in [-0.4, -0.2) is 29.4 Å². The molecule has 0 spiro atoms. The molecule has 0 aliphatic carbocycles. The van der Waals surface area contributed by atoms with Gasteiger partial charge in [-0.05, 0) is 36.4 Å². The van der Waals surface area contributed by atoms with E-state index in [1.165, 1.54) is 18.9 Å². The van der Waals surface area contributed by atoms with Gasteiger partial charge in [0, 0.05) is 24.4 Å². The first kappa shape index (κ1) is 18.7. The number of nitrogens with zero attached hydrogens (tertiary/aromatic N) is 2. The minimum atomic E-state index is -0.762. The molecule has 1 heterocycles. The van der Waals surface area contributed by atoms with E-state index in [4.69, 9.17) is 25.8 Å². The zero-order valence-corrected chi connectivity index (χ0v) is 15.5. The third-order valence-corrected chi connectivity index (χ3v) is 3.84. The molecule has 1 atom stereocenters. The minimum Gasteiger partial charge on any atom is -0.484 e. The number of halogens is 1. The molecule has 0 N–H and O–H groups in total. The van der Waals surface area contributed by atoms with E-state index < -0.39 is 12.2 Å². The van der Waals surface area contributed by atoms with E-state index in [1.807, 2.05) is 0 Å². The summed E-state index contributed by atoms with van der Waals surface area (Å²) in [6.45, 7) is 2.75. The highest BCUT2D eigenvalue weighted by atomic mass is 35.5. The Morgan fingerprint density at radius 3 is 2.56 bits per heavy atom. The van der Waals surface area contributed by atoms with Crippen LogP contribution in [0.4, 0.5) is 0 Å². The minimum absolute atomic E-state index is 0.0472. The summed E-state index contributed by atoms with van der Waals surface area (Å²) in [5.74, 6) is 0.483. The number of esters is 1. The third kappa shape index (κ3) is 4.77. The topological polar surface area (TPSA) is 77.4 Å². The van der Waals surface area contributed by atoms with Gasteiger partial charge in [-0.1, -0.05) is 23.7 Å². The van der Waals surface area contributed by atoms with E-state index in [9.17, 15) is 9.59 Å². The predicted molar refractivity (Wildman–Crippen MR) is 98.5 cm³/mol. The molecule has 27 heavy (non-hydrogen) atoms. The SMILES string of the molecule is CC(=O)Oc1cccc(C2OC(COc3ccc(Cl)cc3)=NN2C(C)=O)c1. The first-order valence-electron chi connectivity index (χ1n) is 8.13. The van der Waals surface area contributed by atoms with E-state index in [0.29, 0.717) is 22.1 Å². The van der Waals surface area contributed by atoms with Gasteiger partial charge in [0.2, 0.25) is 18.0 Å². The fraction of sp³-hybridized carbons (Fsp3) is 0.211. The number of amides is 1. The summed E-state index contributed by atoms with van der Waals surface area (Å²) < 4.78 is 16.5. The van der Waals surface area contributed by atoms with E-state index in [1.54, 1.807) is 48.5 Å². The average Bonchev–Trinajstić information content (AvgIpc) is 3.06. The second-order valence-electron chi connectivity index (χ2n) is 5.74. The molecule has 3 rings (SSSR count). The van der Waals surface area contributed by atoms with Crippen LogP contribution in [0.1, 0.15) is 25.6 Å². The van der Waals surface area contributed by atoms with Crippen LogP contribution in [0.2, 0.25) is 5.02 Å². The Hall–Kier alpha value is -3.06. The highest BCUT2D eigenvalue weighted by molar-refractivity contribution is 6.30. The van der Waals surface area contributed by atoms with Crippen LogP contribution in [0.15, 0.2) is 53.6 Å². The van der Waals surface area contributed by atoms with Crippen molar-refractivity contribution in [1.82, 2.24) is 5.01 Å². The molecule has 0 saturated carbocycles. The molecule has 2 aromatic rings. The number of hydrogen-bond acceptors (Lipinski definition) is 6. The summed E-state index contributed by atoms with van der Waals surface area (Å²) in [5, 5.41) is 6.01. The Balaban J connectivity index is 1.73. The summed E-state index contributed by atoms with van der Waals surface area (Å²) in [7, 11) is 0. The van der Waals surface area contributed by atoms with Crippen molar-refractivity contribution in [3.05, 3.63) is 59.1 Å². The quantitative estimate of drug-likeness (QED) is 0.578. The van der Waals surface area contributed by atoms with Crippen molar-refractivity contribution in [1.29, 1.82) is 0 Å². The van der Waals surface area contributed by atoms with Gasteiger partial charge in [-0.15, -0.1) is 5.10 Å². The first-order valence-corrected chi connectivity index (χ1v) is 8.51. The molecule has 2 aromatic carbocycles. The van der Waals surface area contributed by atoms with Gasteiger partial charge in [0.15, 0.2) is 6.61 Å². The van der Waals surface area contributed by atoms with Gasteiger partial charge in [0.05, 0.1) is 0 Å². The normalized spacial score (nSPS) is 15.7. The van der Waals surface area contributed by atoms with E-state index in [0.717, 1.165) is 0 Å². The maximum absolute atomic E-state index is 11.9. The Bertz CT molecular complexity index is 882. The Kier molecular flexibility index (Phi) is 5.61. The smallest absolute Gasteiger partial charge is 0.308 e. The standard InChI is InChI=1S/C19H17ClN2O5/c1-12(23)22-19(14-4-3-5-17(10-14)26-13(2)24)27-18(21-22)11-25-16-8-6-15(20)7-9-16/h3-10,19H,11H2,1-2H3. The summed E-state index contributed by atoms with van der Waals surface area (Å²) in [5.41, 5.74) is 0.620. The second kappa shape index (κ2) is 8.09. The number of hydrogen-bond donors (Lipinski definition) is 0. The number of rotatable bonds is 5. The van der Waals surface area contributed by atoms with Crippen molar-refractivity contribution >= 4 is 29.4 Å². The zero-order valence-electron chi connectivity index (χ0n) is 14.7. The molecule has 0 fully saturated rings. The average molecular weight is 389 g/mol. The summed E-state index contributed by atoms with van der Waals surface area (Å²) in [6.07, 6.45) is -0.762. The fourth-order valence-corrected chi connectivity index (χ4v) is 2.58. The Morgan fingerprint density at radius 1 is 1.15 bits per heavy atom. The summed E-state index contributed by atoms with van der Waals surface area (Å²) in [4.78, 5) is 23.1. The lowest BCUT2D eigenvalue weighted by Gasteiger charge is -2.19. The van der Waals surface area contributed by atoms with Crippen LogP contribution in [0.5, 0.6) is 11.5 Å². The predicted octanol–water partition coefficient (Wildman–Crippen LogP) is 3.54. The van der Waals surface area contributed by atoms with Crippen molar-refractivity contribution in [3.63, 3.8) is 0 Å². The van der Waals surface area contributed by atoms with Gasteiger partial charge in [-0.2, -0.15) is 5.01 Å². The van der Waals surface area contributed by atoms with Gasteiger partial charge in [-0.25, -0.2) is 0 Å². The molecule has 140 valence electrons. The lowest BCUT2D eigenvalue weighted by molar-refractivity contribution is -0.135. The number of carbonyl (C=O) groups is 2. The van der Waals surface area contributed by atoms with Crippen LogP contribution in [-0.2, 0) is 14.3 Å². The Labute approximate surface area is 161 Å². The van der Waals surface area contributed by atoms with Gasteiger partial charge in [-0.3, -0.25) is 9.59 Å². The van der Waals surface area contributed by atoms with Crippen LogP contribution in [0, 0.1) is 0 Å². The molecule has 1 aliphatic rings. The molecule has 1 unspecified atom stereocenters. The van der Waals surface area contributed by atoms with Crippen LogP contribution >= 0.6 is 11.6 Å². The van der Waals surface area contributed by atoms with Gasteiger partial charge < -0.3 is 14.2 Å². The van der Waals surface area contributed by atoms with Crippen molar-refractivity contribution in [2.24, 2.45) is 5.10 Å². The molecule has 0 aromatic heterocycles. The molecule has 0 bridgehead atoms. The highest BCUT2D eigenvalue weighted by Crippen LogP contribution is 2.30. The number of ether oxygens (including phenoxy) is 3. The van der Waals surface area contributed by atoms with Crippen LogP contribution in [0.3, 0.4) is 0 Å². The highest BCUT2D eigenvalue weighted by Gasteiger charge is 2.33. The molecule has 0 radical (unpaired) electrons. The maximum atomic E-state index is 11.9. The number of carbonyl (C=O) groups excluding carboxylic acids is 2. The second-order valence-corrected chi connectivity index (χ2v) is 6.17. The molecular formula is C19H17ClN2O5.